The molecule has 0 bridgehead atoms. The molecule has 0 aliphatic heterocycles. The minimum atomic E-state index is -0.591. The van der Waals surface area contributed by atoms with E-state index in [9.17, 15) is 14.4 Å². The van der Waals surface area contributed by atoms with Crippen molar-refractivity contribution in [2.24, 2.45) is 0 Å². The van der Waals surface area contributed by atoms with E-state index in [1.165, 1.54) is 6.07 Å². The summed E-state index contributed by atoms with van der Waals surface area (Å²) in [4.78, 5) is 41.6. The van der Waals surface area contributed by atoms with Crippen LogP contribution in [0.4, 0.5) is 5.69 Å². The zero-order chi connectivity index (χ0) is 22.8. The van der Waals surface area contributed by atoms with E-state index in [4.69, 9.17) is 9.26 Å². The minimum Gasteiger partial charge on any atom is -0.456 e. The summed E-state index contributed by atoms with van der Waals surface area (Å²) < 4.78 is 12.5. The number of nitrogens with one attached hydrogen (secondary N) is 1. The van der Waals surface area contributed by atoms with Gasteiger partial charge in [0.25, 0.3) is 11.5 Å². The van der Waals surface area contributed by atoms with Gasteiger partial charge in [-0.05, 0) is 49.7 Å². The monoisotopic (exact) mass is 495 g/mol. The van der Waals surface area contributed by atoms with E-state index in [0.717, 1.165) is 9.05 Å². The molecule has 0 unspecified atom stereocenters. The van der Waals surface area contributed by atoms with Crippen LogP contribution >= 0.6 is 15.9 Å². The number of benzene rings is 2. The Morgan fingerprint density at radius 3 is 2.69 bits per heavy atom. The summed E-state index contributed by atoms with van der Waals surface area (Å²) in [6.45, 7) is 3.25. The van der Waals surface area contributed by atoms with E-state index in [0.29, 0.717) is 39.5 Å². The third-order valence-corrected chi connectivity index (χ3v) is 5.26. The quantitative estimate of drug-likeness (QED) is 0.414. The van der Waals surface area contributed by atoms with Gasteiger partial charge in [0.05, 0.1) is 11.3 Å². The van der Waals surface area contributed by atoms with Gasteiger partial charge in [0, 0.05) is 27.9 Å². The number of ether oxygens (including phenoxy) is 1. The lowest BCUT2D eigenvalue weighted by Crippen LogP contribution is -2.16. The molecule has 2 aromatic heterocycles. The number of amides is 1. The number of nitrogens with zero attached hydrogens (tertiary/aromatic N) is 2. The van der Waals surface area contributed by atoms with Gasteiger partial charge in [0.15, 0.2) is 5.65 Å². The fourth-order valence-corrected chi connectivity index (χ4v) is 3.58. The standard InChI is InChI=1S/C23H18BrN3O5/c1-13-9-20-25-17(11-21(28)27(20)32-13)12-31-23(30)18-7-4-8-19(14(18)2)26-22(29)15-5-3-6-16(24)10-15/h3-11H,12H2,1-2H3,(H,26,29). The molecule has 2 heterocycles. The van der Waals surface area contributed by atoms with E-state index in [2.05, 4.69) is 26.2 Å². The average Bonchev–Trinajstić information content (AvgIpc) is 3.14. The summed E-state index contributed by atoms with van der Waals surface area (Å²) in [5.41, 5.74) is 2.09. The Hall–Kier alpha value is -3.72. The number of halogens is 1. The number of carbonyl (C=O) groups is 2. The fourth-order valence-electron chi connectivity index (χ4n) is 3.18. The van der Waals surface area contributed by atoms with Crippen molar-refractivity contribution in [2.45, 2.75) is 20.5 Å². The molecule has 0 saturated carbocycles. The summed E-state index contributed by atoms with van der Waals surface area (Å²) >= 11 is 3.34. The Labute approximate surface area is 190 Å². The van der Waals surface area contributed by atoms with E-state index in [1.54, 1.807) is 56.3 Å². The van der Waals surface area contributed by atoms with Crippen molar-refractivity contribution >= 4 is 39.1 Å². The first-order valence-electron chi connectivity index (χ1n) is 9.65. The number of aryl methyl sites for hydroxylation is 1. The van der Waals surface area contributed by atoms with Gasteiger partial charge in [-0.2, -0.15) is 0 Å². The topological polar surface area (TPSA) is 103 Å². The van der Waals surface area contributed by atoms with Crippen LogP contribution in [-0.4, -0.2) is 21.4 Å². The second-order valence-corrected chi connectivity index (χ2v) is 8.02. The Morgan fingerprint density at radius 2 is 1.91 bits per heavy atom. The molecule has 2 aromatic carbocycles. The highest BCUT2D eigenvalue weighted by atomic mass is 79.9. The molecule has 1 amide bonds. The molecule has 0 fully saturated rings. The molecule has 162 valence electrons. The minimum absolute atomic E-state index is 0.178. The molecule has 0 radical (unpaired) electrons. The first-order valence-corrected chi connectivity index (χ1v) is 10.4. The van der Waals surface area contributed by atoms with Crippen molar-refractivity contribution in [1.82, 2.24) is 9.56 Å². The van der Waals surface area contributed by atoms with Gasteiger partial charge in [-0.15, -0.1) is 4.57 Å². The molecule has 8 nitrogen and oxygen atoms in total. The number of hydrogen-bond donors (Lipinski definition) is 1. The van der Waals surface area contributed by atoms with Crippen LogP contribution in [0.25, 0.3) is 5.65 Å². The van der Waals surface area contributed by atoms with Crippen molar-refractivity contribution in [3.63, 3.8) is 0 Å². The van der Waals surface area contributed by atoms with E-state index >= 15 is 0 Å². The molecule has 0 saturated heterocycles. The van der Waals surface area contributed by atoms with Crippen LogP contribution < -0.4 is 10.9 Å². The Morgan fingerprint density at radius 1 is 1.12 bits per heavy atom. The molecule has 0 aliphatic carbocycles. The average molecular weight is 496 g/mol. The van der Waals surface area contributed by atoms with Crippen LogP contribution in [0, 0.1) is 13.8 Å². The van der Waals surface area contributed by atoms with Crippen LogP contribution in [0.5, 0.6) is 0 Å². The summed E-state index contributed by atoms with van der Waals surface area (Å²) in [5, 5.41) is 2.82. The van der Waals surface area contributed by atoms with Crippen LogP contribution in [0.1, 0.15) is 37.7 Å². The third-order valence-electron chi connectivity index (χ3n) is 4.76. The number of aromatic nitrogens is 2. The highest BCUT2D eigenvalue weighted by molar-refractivity contribution is 9.10. The van der Waals surface area contributed by atoms with E-state index in [1.807, 2.05) is 6.07 Å². The van der Waals surface area contributed by atoms with Gasteiger partial charge in [-0.1, -0.05) is 28.1 Å². The highest BCUT2D eigenvalue weighted by Crippen LogP contribution is 2.22. The molecule has 0 aliphatic rings. The number of carbonyl (C=O) groups excluding carboxylic acids is 2. The van der Waals surface area contributed by atoms with Crippen molar-refractivity contribution < 1.29 is 18.8 Å². The molecule has 32 heavy (non-hydrogen) atoms. The van der Waals surface area contributed by atoms with Crippen molar-refractivity contribution in [3.8, 4) is 0 Å². The Kier molecular flexibility index (Phi) is 5.91. The van der Waals surface area contributed by atoms with Crippen LogP contribution in [0.2, 0.25) is 0 Å². The van der Waals surface area contributed by atoms with Gasteiger partial charge in [0.2, 0.25) is 0 Å². The van der Waals surface area contributed by atoms with Crippen LogP contribution in [-0.2, 0) is 11.3 Å². The van der Waals surface area contributed by atoms with E-state index < -0.39 is 11.5 Å². The molecule has 4 rings (SSSR count). The van der Waals surface area contributed by atoms with Gasteiger partial charge < -0.3 is 14.6 Å². The second-order valence-electron chi connectivity index (χ2n) is 7.10. The lowest BCUT2D eigenvalue weighted by Gasteiger charge is -2.12. The third kappa shape index (κ3) is 4.47. The first kappa shape index (κ1) is 21.5. The molecule has 0 spiro atoms. The Bertz CT molecular complexity index is 1410. The summed E-state index contributed by atoms with van der Waals surface area (Å²) in [6.07, 6.45) is 0. The second kappa shape index (κ2) is 8.80. The predicted molar refractivity (Wildman–Crippen MR) is 121 cm³/mol. The van der Waals surface area contributed by atoms with E-state index in [-0.39, 0.29) is 12.5 Å². The summed E-state index contributed by atoms with van der Waals surface area (Å²) in [6, 6.07) is 14.8. The molecule has 9 heteroatoms. The van der Waals surface area contributed by atoms with Gasteiger partial charge in [0.1, 0.15) is 12.4 Å². The maximum Gasteiger partial charge on any atom is 0.338 e. The maximum absolute atomic E-state index is 12.7. The largest absolute Gasteiger partial charge is 0.456 e. The van der Waals surface area contributed by atoms with Crippen molar-refractivity contribution in [1.29, 1.82) is 0 Å². The molecular formula is C23H18BrN3O5. The normalized spacial score (nSPS) is 10.8. The number of hydrogen-bond acceptors (Lipinski definition) is 6. The summed E-state index contributed by atoms with van der Waals surface area (Å²) in [7, 11) is 0. The predicted octanol–water partition coefficient (Wildman–Crippen LogP) is 4.28. The van der Waals surface area contributed by atoms with Gasteiger partial charge in [-0.25, -0.2) is 9.78 Å². The smallest absolute Gasteiger partial charge is 0.338 e. The molecule has 1 N–H and O–H groups in total. The zero-order valence-corrected chi connectivity index (χ0v) is 18.8. The zero-order valence-electron chi connectivity index (χ0n) is 17.2. The van der Waals surface area contributed by atoms with Crippen LogP contribution in [0.15, 0.2) is 68.4 Å². The number of anilines is 1. The number of rotatable bonds is 5. The lowest BCUT2D eigenvalue weighted by atomic mass is 10.1. The van der Waals surface area contributed by atoms with Crippen LogP contribution in [0.3, 0.4) is 0 Å². The fraction of sp³-hybridized carbons (Fsp3) is 0.130. The first-order chi connectivity index (χ1) is 15.3. The summed E-state index contributed by atoms with van der Waals surface area (Å²) in [5.74, 6) is -0.346. The lowest BCUT2D eigenvalue weighted by molar-refractivity contribution is 0.0466. The van der Waals surface area contributed by atoms with Crippen molar-refractivity contribution in [2.75, 3.05) is 5.32 Å². The number of fused-ring (bicyclic) bond motifs is 1. The number of esters is 1. The van der Waals surface area contributed by atoms with Crippen molar-refractivity contribution in [3.05, 3.63) is 97.6 Å². The molecular weight excluding hydrogens is 478 g/mol. The molecule has 0 atom stereocenters. The Balaban J connectivity index is 1.49. The SMILES string of the molecule is Cc1cc2nc(COC(=O)c3cccc(NC(=O)c4cccc(Br)c4)c3C)cc(=O)n2o1. The maximum atomic E-state index is 12.7. The molecule has 4 aromatic rings. The van der Waals surface area contributed by atoms with Gasteiger partial charge >= 0.3 is 5.97 Å². The highest BCUT2D eigenvalue weighted by Gasteiger charge is 2.16. The van der Waals surface area contributed by atoms with Gasteiger partial charge in [-0.3, -0.25) is 9.59 Å².